The van der Waals surface area contributed by atoms with E-state index < -0.39 is 5.82 Å². The Labute approximate surface area is 176 Å². The maximum atomic E-state index is 12.7. The summed E-state index contributed by atoms with van der Waals surface area (Å²) in [5.41, 5.74) is 2.36. The molecule has 6 nitrogen and oxygen atoms in total. The van der Waals surface area contributed by atoms with E-state index in [0.29, 0.717) is 17.9 Å². The first-order valence-electron chi connectivity index (χ1n) is 10.1. The number of nitrogens with zero attached hydrogens (tertiary/aromatic N) is 4. The van der Waals surface area contributed by atoms with Crippen LogP contribution >= 0.6 is 0 Å². The summed E-state index contributed by atoms with van der Waals surface area (Å²) in [7, 11) is 0. The van der Waals surface area contributed by atoms with Crippen LogP contribution in [0.4, 0.5) is 15.9 Å². The number of nitrogens with one attached hydrogen (secondary N) is 1. The number of carbonyl (C=O) groups excluding carboxylic acids is 1. The Morgan fingerprint density at radius 1 is 1.17 bits per heavy atom. The smallest absolute Gasteiger partial charge is 0.211 e. The molecule has 1 aliphatic heterocycles. The van der Waals surface area contributed by atoms with E-state index in [1.54, 1.807) is 12.1 Å². The zero-order valence-corrected chi connectivity index (χ0v) is 16.8. The summed E-state index contributed by atoms with van der Waals surface area (Å²) < 4.78 is 12.7. The van der Waals surface area contributed by atoms with Gasteiger partial charge in [0.25, 0.3) is 0 Å². The lowest BCUT2D eigenvalue weighted by atomic mass is 10.1. The zero-order valence-electron chi connectivity index (χ0n) is 16.8. The van der Waals surface area contributed by atoms with Crippen molar-refractivity contribution in [3.63, 3.8) is 0 Å². The molecule has 1 saturated carbocycles. The van der Waals surface area contributed by atoms with Gasteiger partial charge in [-0.3, -0.25) is 4.79 Å². The normalized spacial score (nSPS) is 19.2. The molecule has 3 aromatic rings. The Morgan fingerprint density at radius 2 is 2.00 bits per heavy atom. The number of amides is 1. The van der Waals surface area contributed by atoms with Crippen molar-refractivity contribution in [1.82, 2.24) is 15.0 Å². The van der Waals surface area contributed by atoms with Crippen molar-refractivity contribution in [2.75, 3.05) is 23.3 Å². The highest BCUT2D eigenvalue weighted by Crippen LogP contribution is 2.45. The summed E-state index contributed by atoms with van der Waals surface area (Å²) in [4.78, 5) is 25.0. The van der Waals surface area contributed by atoms with E-state index in [1.807, 2.05) is 25.3 Å². The quantitative estimate of drug-likeness (QED) is 0.652. The van der Waals surface area contributed by atoms with Gasteiger partial charge in [0.15, 0.2) is 11.6 Å². The van der Waals surface area contributed by atoms with Crippen molar-refractivity contribution in [2.45, 2.75) is 19.8 Å². The number of hydrogen-bond donors (Lipinski definition) is 1. The Kier molecular flexibility index (Phi) is 5.97. The predicted octanol–water partition coefficient (Wildman–Crippen LogP) is 4.33. The fourth-order valence-corrected chi connectivity index (χ4v) is 3.80. The van der Waals surface area contributed by atoms with Gasteiger partial charge in [0, 0.05) is 32.0 Å². The highest BCUT2D eigenvalue weighted by molar-refractivity contribution is 5.75. The SMILES string of the molecule is Cc1ccc(NC=O)cc1-c1ncc(F)cn1.[HH].c1ccc(N2CCC3CC3C2)nc1. The van der Waals surface area contributed by atoms with Crippen LogP contribution < -0.4 is 10.2 Å². The molecule has 0 bridgehead atoms. The first-order valence-corrected chi connectivity index (χ1v) is 10.1. The van der Waals surface area contributed by atoms with Gasteiger partial charge in [0.1, 0.15) is 5.82 Å². The molecule has 2 aromatic heterocycles. The van der Waals surface area contributed by atoms with Crippen LogP contribution in [0.5, 0.6) is 0 Å². The summed E-state index contributed by atoms with van der Waals surface area (Å²) in [6.07, 6.45) is 7.54. The lowest BCUT2D eigenvalue weighted by molar-refractivity contribution is -0.105. The van der Waals surface area contributed by atoms with Gasteiger partial charge in [-0.1, -0.05) is 12.1 Å². The van der Waals surface area contributed by atoms with Crippen molar-refractivity contribution in [3.05, 3.63) is 66.4 Å². The molecule has 1 saturated heterocycles. The number of fused-ring (bicyclic) bond motifs is 1. The number of halogens is 1. The molecule has 2 fully saturated rings. The molecule has 0 radical (unpaired) electrons. The van der Waals surface area contributed by atoms with Gasteiger partial charge < -0.3 is 10.2 Å². The number of piperidine rings is 1. The molecule has 2 aliphatic rings. The standard InChI is InChI=1S/C12H10FN3O.C11H14N2.H2/c1-8-2-3-10(16-7-17)4-11(8)12-14-5-9(13)6-15-12;1-2-5-12-11(3-1)13-6-4-9-7-10(9)8-13;/h2-7H,1H3,(H,16,17);1-3,5,9-10H,4,6-8H2;1H. The van der Waals surface area contributed by atoms with Gasteiger partial charge in [-0.05, 0) is 61.4 Å². The van der Waals surface area contributed by atoms with Crippen molar-refractivity contribution < 1.29 is 10.6 Å². The minimum atomic E-state index is -0.478. The van der Waals surface area contributed by atoms with Gasteiger partial charge >= 0.3 is 0 Å². The first-order chi connectivity index (χ1) is 14.6. The van der Waals surface area contributed by atoms with Crippen LogP contribution in [0.2, 0.25) is 0 Å². The maximum Gasteiger partial charge on any atom is 0.211 e. The number of benzene rings is 1. The Balaban J connectivity index is 0.000000175. The Morgan fingerprint density at radius 3 is 2.70 bits per heavy atom. The largest absolute Gasteiger partial charge is 0.356 e. The van der Waals surface area contributed by atoms with Crippen LogP contribution in [-0.4, -0.2) is 34.5 Å². The van der Waals surface area contributed by atoms with Crippen molar-refractivity contribution in [1.29, 1.82) is 0 Å². The van der Waals surface area contributed by atoms with Gasteiger partial charge in [0.2, 0.25) is 6.41 Å². The van der Waals surface area contributed by atoms with E-state index in [0.717, 1.165) is 41.2 Å². The fraction of sp³-hybridized carbons (Fsp3) is 0.304. The number of pyridine rings is 1. The zero-order chi connectivity index (χ0) is 20.9. The van der Waals surface area contributed by atoms with Crippen molar-refractivity contribution in [3.8, 4) is 11.4 Å². The average molecular weight is 407 g/mol. The summed E-state index contributed by atoms with van der Waals surface area (Å²) in [6, 6.07) is 11.5. The van der Waals surface area contributed by atoms with E-state index in [-0.39, 0.29) is 1.43 Å². The van der Waals surface area contributed by atoms with E-state index in [2.05, 4.69) is 37.3 Å². The molecule has 1 aromatic carbocycles. The van der Waals surface area contributed by atoms with Crippen molar-refractivity contribution in [2.24, 2.45) is 11.8 Å². The van der Waals surface area contributed by atoms with E-state index in [4.69, 9.17) is 0 Å². The van der Waals surface area contributed by atoms with Gasteiger partial charge in [-0.2, -0.15) is 0 Å². The second kappa shape index (κ2) is 8.98. The molecule has 1 aliphatic carbocycles. The Hall–Kier alpha value is -3.35. The van der Waals surface area contributed by atoms with Gasteiger partial charge in [-0.15, -0.1) is 0 Å². The van der Waals surface area contributed by atoms with Crippen LogP contribution in [0.1, 0.15) is 19.8 Å². The van der Waals surface area contributed by atoms with E-state index >= 15 is 0 Å². The third-order valence-corrected chi connectivity index (χ3v) is 5.59. The summed E-state index contributed by atoms with van der Waals surface area (Å²) in [5.74, 6) is 3.15. The topological polar surface area (TPSA) is 71.0 Å². The second-order valence-corrected chi connectivity index (χ2v) is 7.70. The molecule has 7 heteroatoms. The summed E-state index contributed by atoms with van der Waals surface area (Å²) >= 11 is 0. The van der Waals surface area contributed by atoms with Gasteiger partial charge in [0.05, 0.1) is 12.4 Å². The van der Waals surface area contributed by atoms with Crippen LogP contribution in [0.25, 0.3) is 11.4 Å². The lowest BCUT2D eigenvalue weighted by Gasteiger charge is -2.27. The molecule has 2 atom stereocenters. The molecule has 30 heavy (non-hydrogen) atoms. The maximum absolute atomic E-state index is 12.7. The number of rotatable bonds is 4. The average Bonchev–Trinajstić information content (AvgIpc) is 3.56. The van der Waals surface area contributed by atoms with Crippen LogP contribution in [0.3, 0.4) is 0 Å². The number of aryl methyl sites for hydroxylation is 1. The third-order valence-electron chi connectivity index (χ3n) is 5.59. The molecule has 156 valence electrons. The molecule has 1 amide bonds. The highest BCUT2D eigenvalue weighted by atomic mass is 19.1. The fourth-order valence-electron chi connectivity index (χ4n) is 3.80. The third kappa shape index (κ3) is 4.79. The van der Waals surface area contributed by atoms with Gasteiger partial charge in [-0.25, -0.2) is 19.3 Å². The van der Waals surface area contributed by atoms with E-state index in [1.165, 1.54) is 25.9 Å². The molecular weight excluding hydrogens is 381 g/mol. The summed E-state index contributed by atoms with van der Waals surface area (Å²) in [6.45, 7) is 4.34. The highest BCUT2D eigenvalue weighted by Gasteiger charge is 2.41. The number of anilines is 2. The predicted molar refractivity (Wildman–Crippen MR) is 117 cm³/mol. The number of aromatic nitrogens is 3. The Bertz CT molecular complexity index is 1000. The second-order valence-electron chi connectivity index (χ2n) is 7.70. The monoisotopic (exact) mass is 407 g/mol. The van der Waals surface area contributed by atoms with E-state index in [9.17, 15) is 9.18 Å². The van der Waals surface area contributed by atoms with Crippen molar-refractivity contribution >= 4 is 17.9 Å². The minimum absolute atomic E-state index is 0. The van der Waals surface area contributed by atoms with Crippen LogP contribution in [0.15, 0.2) is 55.0 Å². The van der Waals surface area contributed by atoms with Crippen LogP contribution in [-0.2, 0) is 4.79 Å². The lowest BCUT2D eigenvalue weighted by Crippen LogP contribution is -2.31. The number of hydrogen-bond acceptors (Lipinski definition) is 5. The molecule has 3 heterocycles. The molecule has 2 unspecified atom stereocenters. The van der Waals surface area contributed by atoms with Crippen LogP contribution in [0, 0.1) is 24.6 Å². The molecular formula is C23H26FN5O. The minimum Gasteiger partial charge on any atom is -0.356 e. The molecule has 1 N–H and O–H groups in total. The molecule has 0 spiro atoms. The molecule has 5 rings (SSSR count). The first kappa shape index (κ1) is 19.9. The number of carbonyl (C=O) groups is 1. The summed E-state index contributed by atoms with van der Waals surface area (Å²) in [5, 5.41) is 2.55.